The summed E-state index contributed by atoms with van der Waals surface area (Å²) in [6, 6.07) is 12.9. The Bertz CT molecular complexity index is 856. The monoisotopic (exact) mass is 376 g/mol. The topological polar surface area (TPSA) is 49.3 Å². The molecule has 1 aliphatic carbocycles. The molecule has 1 atom stereocenters. The molecule has 1 aromatic carbocycles. The van der Waals surface area contributed by atoms with E-state index >= 15 is 0 Å². The summed E-state index contributed by atoms with van der Waals surface area (Å²) in [5.41, 5.74) is 1.42. The lowest BCUT2D eigenvalue weighted by atomic mass is 9.67. The van der Waals surface area contributed by atoms with Crippen molar-refractivity contribution in [1.29, 1.82) is 0 Å². The van der Waals surface area contributed by atoms with Crippen molar-refractivity contribution < 1.29 is 4.79 Å². The van der Waals surface area contributed by atoms with Crippen LogP contribution >= 0.6 is 0 Å². The van der Waals surface area contributed by atoms with E-state index in [1.807, 2.05) is 25.3 Å². The number of rotatable bonds is 3. The lowest BCUT2D eigenvalue weighted by molar-refractivity contribution is -0.141. The average molecular weight is 377 g/mol. The molecule has 146 valence electrons. The zero-order valence-corrected chi connectivity index (χ0v) is 16.6. The van der Waals surface area contributed by atoms with E-state index in [0.717, 1.165) is 50.5 Å². The number of piperidine rings is 2. The third-order valence-electron chi connectivity index (χ3n) is 6.82. The van der Waals surface area contributed by atoms with E-state index in [9.17, 15) is 4.79 Å². The summed E-state index contributed by atoms with van der Waals surface area (Å²) < 4.78 is 0. The van der Waals surface area contributed by atoms with E-state index in [2.05, 4.69) is 44.0 Å². The van der Waals surface area contributed by atoms with E-state index in [4.69, 9.17) is 0 Å². The zero-order chi connectivity index (χ0) is 19.1. The molecule has 28 heavy (non-hydrogen) atoms. The first kappa shape index (κ1) is 17.7. The van der Waals surface area contributed by atoms with E-state index in [0.29, 0.717) is 11.9 Å². The van der Waals surface area contributed by atoms with E-state index in [-0.39, 0.29) is 11.3 Å². The lowest BCUT2D eigenvalue weighted by Gasteiger charge is -2.50. The molecular weight excluding hydrogens is 348 g/mol. The van der Waals surface area contributed by atoms with Crippen LogP contribution in [0.15, 0.2) is 42.6 Å². The van der Waals surface area contributed by atoms with Crippen LogP contribution in [-0.2, 0) is 4.79 Å². The molecule has 0 bridgehead atoms. The van der Waals surface area contributed by atoms with Crippen LogP contribution in [-0.4, -0.2) is 46.5 Å². The summed E-state index contributed by atoms with van der Waals surface area (Å²) in [6.45, 7) is 4.89. The molecule has 2 aromatic rings. The van der Waals surface area contributed by atoms with Crippen LogP contribution in [0.4, 0.5) is 5.82 Å². The smallest absolute Gasteiger partial charge is 0.230 e. The minimum Gasteiger partial charge on any atom is -0.356 e. The van der Waals surface area contributed by atoms with Gasteiger partial charge in [0.15, 0.2) is 0 Å². The van der Waals surface area contributed by atoms with Crippen molar-refractivity contribution in [1.82, 2.24) is 14.9 Å². The summed E-state index contributed by atoms with van der Waals surface area (Å²) in [6.07, 6.45) is 7.42. The second-order valence-corrected chi connectivity index (χ2v) is 8.81. The van der Waals surface area contributed by atoms with Crippen LogP contribution in [0.25, 0.3) is 0 Å². The Morgan fingerprint density at radius 3 is 2.50 bits per heavy atom. The zero-order valence-electron chi connectivity index (χ0n) is 16.6. The summed E-state index contributed by atoms with van der Waals surface area (Å²) in [4.78, 5) is 26.7. The molecule has 0 radical (unpaired) electrons. The van der Waals surface area contributed by atoms with Crippen molar-refractivity contribution in [3.8, 4) is 0 Å². The molecular formula is C23H28N4O. The van der Waals surface area contributed by atoms with Gasteiger partial charge in [0.25, 0.3) is 0 Å². The molecule has 5 heteroatoms. The standard InChI is InChI=1S/C23H28N4O/c1-17-24-12-9-21(25-17)26-13-10-23(11-14-26)15-20(18-5-3-2-4-6-18)22(28)27(16-23)19-7-8-19/h2-6,9,12,19-20H,7-8,10-11,13-16H2,1H3/t20-/m1/s1. The lowest BCUT2D eigenvalue weighted by Crippen LogP contribution is -2.54. The van der Waals surface area contributed by atoms with Crippen LogP contribution in [0, 0.1) is 12.3 Å². The number of aryl methyl sites for hydroxylation is 1. The van der Waals surface area contributed by atoms with Crippen molar-refractivity contribution >= 4 is 11.7 Å². The summed E-state index contributed by atoms with van der Waals surface area (Å²) in [5, 5.41) is 0. The Labute approximate surface area is 166 Å². The maximum atomic E-state index is 13.3. The number of likely N-dealkylation sites (tertiary alicyclic amines) is 1. The van der Waals surface area contributed by atoms with Crippen molar-refractivity contribution in [3.05, 3.63) is 54.0 Å². The first-order valence-electron chi connectivity index (χ1n) is 10.5. The summed E-state index contributed by atoms with van der Waals surface area (Å²) in [7, 11) is 0. The first-order valence-corrected chi connectivity index (χ1v) is 10.5. The Balaban J connectivity index is 1.37. The predicted molar refractivity (Wildman–Crippen MR) is 109 cm³/mol. The quantitative estimate of drug-likeness (QED) is 0.822. The third kappa shape index (κ3) is 3.27. The number of amides is 1. The average Bonchev–Trinajstić information content (AvgIpc) is 3.56. The number of aromatic nitrogens is 2. The molecule has 3 aliphatic rings. The van der Waals surface area contributed by atoms with Gasteiger partial charge in [-0.25, -0.2) is 9.97 Å². The molecule has 2 aliphatic heterocycles. The number of benzene rings is 1. The van der Waals surface area contributed by atoms with Crippen LogP contribution in [0.1, 0.15) is 49.4 Å². The minimum atomic E-state index is 0.0170. The SMILES string of the molecule is Cc1nccc(N2CCC3(CC2)C[C@H](c2ccccc2)C(=O)N(C2CC2)C3)n1. The van der Waals surface area contributed by atoms with Crippen molar-refractivity contribution in [2.75, 3.05) is 24.5 Å². The molecule has 0 N–H and O–H groups in total. The largest absolute Gasteiger partial charge is 0.356 e. The molecule has 1 amide bonds. The molecule has 1 spiro atoms. The number of carbonyl (C=O) groups is 1. The third-order valence-corrected chi connectivity index (χ3v) is 6.82. The Hall–Kier alpha value is -2.43. The molecule has 0 unspecified atom stereocenters. The van der Waals surface area contributed by atoms with Gasteiger partial charge in [0.1, 0.15) is 11.6 Å². The molecule has 3 fully saturated rings. The molecule has 1 saturated carbocycles. The van der Waals surface area contributed by atoms with Gasteiger partial charge in [0, 0.05) is 31.9 Å². The van der Waals surface area contributed by atoms with Gasteiger partial charge >= 0.3 is 0 Å². The van der Waals surface area contributed by atoms with E-state index < -0.39 is 0 Å². The number of hydrogen-bond donors (Lipinski definition) is 0. The first-order chi connectivity index (χ1) is 13.6. The van der Waals surface area contributed by atoms with Crippen molar-refractivity contribution in [2.24, 2.45) is 5.41 Å². The highest BCUT2D eigenvalue weighted by Gasteiger charge is 2.49. The Morgan fingerprint density at radius 2 is 1.82 bits per heavy atom. The second kappa shape index (κ2) is 6.87. The minimum absolute atomic E-state index is 0.0170. The van der Waals surface area contributed by atoms with Gasteiger partial charge in [-0.2, -0.15) is 0 Å². The van der Waals surface area contributed by atoms with Crippen LogP contribution in [0.5, 0.6) is 0 Å². The van der Waals surface area contributed by atoms with Crippen LogP contribution in [0.2, 0.25) is 0 Å². The number of carbonyl (C=O) groups excluding carboxylic acids is 1. The van der Waals surface area contributed by atoms with Crippen LogP contribution < -0.4 is 4.90 Å². The summed E-state index contributed by atoms with van der Waals surface area (Å²) >= 11 is 0. The molecule has 3 heterocycles. The van der Waals surface area contributed by atoms with Gasteiger partial charge in [-0.3, -0.25) is 4.79 Å². The van der Waals surface area contributed by atoms with E-state index in [1.165, 1.54) is 18.4 Å². The number of anilines is 1. The van der Waals surface area contributed by atoms with Gasteiger partial charge in [-0.05, 0) is 56.1 Å². The Morgan fingerprint density at radius 1 is 1.07 bits per heavy atom. The van der Waals surface area contributed by atoms with Gasteiger partial charge in [0.05, 0.1) is 5.92 Å². The normalized spacial score (nSPS) is 24.6. The van der Waals surface area contributed by atoms with Crippen LogP contribution in [0.3, 0.4) is 0 Å². The fourth-order valence-corrected chi connectivity index (χ4v) is 5.06. The number of nitrogens with zero attached hydrogens (tertiary/aromatic N) is 4. The van der Waals surface area contributed by atoms with Gasteiger partial charge in [-0.1, -0.05) is 30.3 Å². The predicted octanol–water partition coefficient (Wildman–Crippen LogP) is 3.55. The van der Waals surface area contributed by atoms with Gasteiger partial charge in [0.2, 0.25) is 5.91 Å². The van der Waals surface area contributed by atoms with Gasteiger partial charge in [-0.15, -0.1) is 0 Å². The maximum absolute atomic E-state index is 13.3. The molecule has 5 nitrogen and oxygen atoms in total. The molecule has 2 saturated heterocycles. The highest BCUT2D eigenvalue weighted by Crippen LogP contribution is 2.48. The second-order valence-electron chi connectivity index (χ2n) is 8.81. The fraction of sp³-hybridized carbons (Fsp3) is 0.522. The Kier molecular flexibility index (Phi) is 4.33. The highest BCUT2D eigenvalue weighted by atomic mass is 16.2. The highest BCUT2D eigenvalue weighted by molar-refractivity contribution is 5.85. The number of hydrogen-bond acceptors (Lipinski definition) is 4. The maximum Gasteiger partial charge on any atom is 0.230 e. The molecule has 5 rings (SSSR count). The van der Waals surface area contributed by atoms with Crippen molar-refractivity contribution in [2.45, 2.75) is 51.0 Å². The fourth-order valence-electron chi connectivity index (χ4n) is 5.06. The van der Waals surface area contributed by atoms with E-state index in [1.54, 1.807) is 0 Å². The van der Waals surface area contributed by atoms with Gasteiger partial charge < -0.3 is 9.80 Å². The van der Waals surface area contributed by atoms with Crippen molar-refractivity contribution in [3.63, 3.8) is 0 Å². The molecule has 1 aromatic heterocycles. The summed E-state index contributed by atoms with van der Waals surface area (Å²) in [5.74, 6) is 2.23.